The summed E-state index contributed by atoms with van der Waals surface area (Å²) in [6.45, 7) is 4.93. The Morgan fingerprint density at radius 2 is 2.10 bits per heavy atom. The predicted octanol–water partition coefficient (Wildman–Crippen LogP) is 2.67. The van der Waals surface area contributed by atoms with Crippen molar-refractivity contribution in [3.05, 3.63) is 29.3 Å². The fourth-order valence-electron chi connectivity index (χ4n) is 2.28. The molecule has 1 fully saturated rings. The van der Waals surface area contributed by atoms with Crippen molar-refractivity contribution < 1.29 is 9.90 Å². The van der Waals surface area contributed by atoms with Crippen molar-refractivity contribution in [2.75, 3.05) is 12.3 Å². The van der Waals surface area contributed by atoms with Crippen molar-refractivity contribution in [3.63, 3.8) is 0 Å². The molecule has 0 bridgehead atoms. The van der Waals surface area contributed by atoms with Crippen LogP contribution in [0.3, 0.4) is 0 Å². The molecule has 0 saturated heterocycles. The molecule has 0 aromatic heterocycles. The van der Waals surface area contributed by atoms with Crippen molar-refractivity contribution in [3.8, 4) is 0 Å². The summed E-state index contributed by atoms with van der Waals surface area (Å²) in [5.74, 6) is 1.39. The lowest BCUT2D eigenvalue weighted by atomic mass is 9.82. The average Bonchev–Trinajstić information content (AvgIpc) is 2.37. The van der Waals surface area contributed by atoms with Gasteiger partial charge in [0.1, 0.15) is 0 Å². The maximum atomic E-state index is 11.7. The molecule has 1 aromatic rings. The Labute approximate surface area is 125 Å². The summed E-state index contributed by atoms with van der Waals surface area (Å²) in [5.41, 5.74) is 2.60. The SMILES string of the molecule is Cc1ccc(SCCC(=O)NCC2CC(O)C2)cc1C. The van der Waals surface area contributed by atoms with Crippen LogP contribution in [-0.2, 0) is 4.79 Å². The summed E-state index contributed by atoms with van der Waals surface area (Å²) in [6, 6.07) is 6.41. The van der Waals surface area contributed by atoms with Gasteiger partial charge in [-0.25, -0.2) is 0 Å². The minimum Gasteiger partial charge on any atom is -0.393 e. The molecule has 20 heavy (non-hydrogen) atoms. The van der Waals surface area contributed by atoms with Crippen LogP contribution >= 0.6 is 11.8 Å². The molecule has 1 aliphatic carbocycles. The van der Waals surface area contributed by atoms with E-state index in [9.17, 15) is 9.90 Å². The molecule has 2 rings (SSSR count). The van der Waals surface area contributed by atoms with E-state index in [0.717, 1.165) is 18.6 Å². The fraction of sp³-hybridized carbons (Fsp3) is 0.562. The predicted molar refractivity (Wildman–Crippen MR) is 83.0 cm³/mol. The molecule has 4 heteroatoms. The molecular formula is C16H23NO2S. The second-order valence-electron chi connectivity index (χ2n) is 5.64. The molecule has 3 nitrogen and oxygen atoms in total. The largest absolute Gasteiger partial charge is 0.393 e. The highest BCUT2D eigenvalue weighted by molar-refractivity contribution is 7.99. The van der Waals surface area contributed by atoms with Crippen LogP contribution in [0, 0.1) is 19.8 Å². The van der Waals surface area contributed by atoms with Crippen molar-refractivity contribution >= 4 is 17.7 Å². The molecule has 0 spiro atoms. The first kappa shape index (κ1) is 15.4. The smallest absolute Gasteiger partial charge is 0.220 e. The summed E-state index contributed by atoms with van der Waals surface area (Å²) in [7, 11) is 0. The maximum Gasteiger partial charge on any atom is 0.220 e. The van der Waals surface area contributed by atoms with Crippen molar-refractivity contribution in [1.29, 1.82) is 0 Å². The van der Waals surface area contributed by atoms with Gasteiger partial charge in [-0.3, -0.25) is 4.79 Å². The number of hydrogen-bond donors (Lipinski definition) is 2. The molecule has 110 valence electrons. The number of hydrogen-bond acceptors (Lipinski definition) is 3. The van der Waals surface area contributed by atoms with E-state index < -0.39 is 0 Å². The molecule has 0 radical (unpaired) electrons. The van der Waals surface area contributed by atoms with Gasteiger partial charge < -0.3 is 10.4 Å². The van der Waals surface area contributed by atoms with Gasteiger partial charge in [-0.15, -0.1) is 11.8 Å². The molecule has 1 saturated carbocycles. The lowest BCUT2D eigenvalue weighted by Crippen LogP contribution is -2.38. The van der Waals surface area contributed by atoms with Crippen molar-refractivity contribution in [2.45, 2.75) is 44.1 Å². The van der Waals surface area contributed by atoms with E-state index in [2.05, 4.69) is 37.4 Å². The van der Waals surface area contributed by atoms with E-state index in [1.54, 1.807) is 11.8 Å². The lowest BCUT2D eigenvalue weighted by Gasteiger charge is -2.31. The van der Waals surface area contributed by atoms with E-state index in [-0.39, 0.29) is 12.0 Å². The second-order valence-corrected chi connectivity index (χ2v) is 6.81. The minimum absolute atomic E-state index is 0.114. The quantitative estimate of drug-likeness (QED) is 0.793. The molecule has 0 aliphatic heterocycles. The zero-order valence-corrected chi connectivity index (χ0v) is 13.0. The highest BCUT2D eigenvalue weighted by Gasteiger charge is 2.26. The minimum atomic E-state index is -0.141. The van der Waals surface area contributed by atoms with Gasteiger partial charge in [0.15, 0.2) is 0 Å². The first-order chi connectivity index (χ1) is 9.54. The van der Waals surface area contributed by atoms with E-state index in [4.69, 9.17) is 0 Å². The van der Waals surface area contributed by atoms with Crippen molar-refractivity contribution in [2.24, 2.45) is 5.92 Å². The molecule has 1 aromatic carbocycles. The zero-order chi connectivity index (χ0) is 14.5. The number of carbonyl (C=O) groups excluding carboxylic acids is 1. The van der Waals surface area contributed by atoms with E-state index >= 15 is 0 Å². The fourth-order valence-corrected chi connectivity index (χ4v) is 3.23. The van der Waals surface area contributed by atoms with Crippen LogP contribution in [0.2, 0.25) is 0 Å². The first-order valence-electron chi connectivity index (χ1n) is 7.19. The normalized spacial score (nSPS) is 21.4. The number of amides is 1. The molecular weight excluding hydrogens is 270 g/mol. The molecule has 2 N–H and O–H groups in total. The number of carbonyl (C=O) groups is 1. The molecule has 0 unspecified atom stereocenters. The Kier molecular flexibility index (Phi) is 5.49. The van der Waals surface area contributed by atoms with Gasteiger partial charge in [-0.2, -0.15) is 0 Å². The highest BCUT2D eigenvalue weighted by atomic mass is 32.2. The molecule has 0 heterocycles. The summed E-state index contributed by atoms with van der Waals surface area (Å²) >= 11 is 1.73. The number of aliphatic hydroxyl groups excluding tert-OH is 1. The zero-order valence-electron chi connectivity index (χ0n) is 12.2. The van der Waals surface area contributed by atoms with Gasteiger partial charge in [0.2, 0.25) is 5.91 Å². The van der Waals surface area contributed by atoms with Crippen LogP contribution in [0.5, 0.6) is 0 Å². The maximum absolute atomic E-state index is 11.7. The third-order valence-electron chi connectivity index (χ3n) is 3.87. The molecule has 1 amide bonds. The molecule has 1 aliphatic rings. The van der Waals surface area contributed by atoms with Gasteiger partial charge in [-0.05, 0) is 55.9 Å². The van der Waals surface area contributed by atoms with Gasteiger partial charge in [0, 0.05) is 23.6 Å². The summed E-state index contributed by atoms with van der Waals surface area (Å²) in [5, 5.41) is 12.1. The summed E-state index contributed by atoms with van der Waals surface area (Å²) in [6.07, 6.45) is 2.07. The third kappa shape index (κ3) is 4.53. The Morgan fingerprint density at radius 1 is 1.35 bits per heavy atom. The van der Waals surface area contributed by atoms with Crippen LogP contribution in [0.15, 0.2) is 23.1 Å². The highest BCUT2D eigenvalue weighted by Crippen LogP contribution is 2.26. The first-order valence-corrected chi connectivity index (χ1v) is 8.18. The Balaban J connectivity index is 1.62. The number of benzene rings is 1. The number of rotatable bonds is 6. The van der Waals surface area contributed by atoms with Gasteiger partial charge in [0.25, 0.3) is 0 Å². The third-order valence-corrected chi connectivity index (χ3v) is 4.87. The van der Waals surface area contributed by atoms with Crippen LogP contribution in [-0.4, -0.2) is 29.4 Å². The summed E-state index contributed by atoms with van der Waals surface area (Å²) in [4.78, 5) is 12.9. The van der Waals surface area contributed by atoms with E-state index in [1.165, 1.54) is 16.0 Å². The van der Waals surface area contributed by atoms with E-state index in [1.807, 2.05) is 0 Å². The summed E-state index contributed by atoms with van der Waals surface area (Å²) < 4.78 is 0. The van der Waals surface area contributed by atoms with E-state index in [0.29, 0.717) is 18.9 Å². The van der Waals surface area contributed by atoms with Gasteiger partial charge >= 0.3 is 0 Å². The van der Waals surface area contributed by atoms with Crippen LogP contribution in [0.1, 0.15) is 30.4 Å². The molecule has 0 atom stereocenters. The van der Waals surface area contributed by atoms with Gasteiger partial charge in [-0.1, -0.05) is 6.07 Å². The van der Waals surface area contributed by atoms with Crippen molar-refractivity contribution in [1.82, 2.24) is 5.32 Å². The van der Waals surface area contributed by atoms with Crippen LogP contribution in [0.4, 0.5) is 0 Å². The Morgan fingerprint density at radius 3 is 2.75 bits per heavy atom. The number of thioether (sulfide) groups is 1. The number of aliphatic hydroxyl groups is 1. The standard InChI is InChI=1S/C16H23NO2S/c1-11-3-4-15(7-12(11)2)20-6-5-16(19)17-10-13-8-14(18)9-13/h3-4,7,13-14,18H,5-6,8-10H2,1-2H3,(H,17,19). The van der Waals surface area contributed by atoms with Crippen LogP contribution < -0.4 is 5.32 Å². The topological polar surface area (TPSA) is 49.3 Å². The second kappa shape index (κ2) is 7.14. The Hall–Kier alpha value is -1.00. The average molecular weight is 293 g/mol. The van der Waals surface area contributed by atoms with Crippen LogP contribution in [0.25, 0.3) is 0 Å². The number of nitrogens with one attached hydrogen (secondary N) is 1. The van der Waals surface area contributed by atoms with Gasteiger partial charge in [0.05, 0.1) is 6.10 Å². The lowest BCUT2D eigenvalue weighted by molar-refractivity contribution is -0.121. The number of aryl methyl sites for hydroxylation is 2. The Bertz CT molecular complexity index is 470. The monoisotopic (exact) mass is 293 g/mol.